The maximum absolute atomic E-state index is 13.2. The molecule has 4 rings (SSSR count). The minimum atomic E-state index is -1.38. The molecule has 8 heteroatoms. The first kappa shape index (κ1) is 22.7. The highest BCUT2D eigenvalue weighted by atomic mass is 19.1. The number of hydrogen-bond donors (Lipinski definition) is 3. The number of halogens is 1. The van der Waals surface area contributed by atoms with Crippen molar-refractivity contribution in [2.45, 2.75) is 6.42 Å². The molecule has 3 aromatic carbocycles. The number of amides is 1. The molecule has 7 nitrogen and oxygen atoms in total. The van der Waals surface area contributed by atoms with Gasteiger partial charge in [-0.05, 0) is 53.9 Å². The summed E-state index contributed by atoms with van der Waals surface area (Å²) in [5, 5.41) is 22.9. The standard InChI is InChI=1S/C26H21FN2O5/c27-18-8-6-16(7-9-18)12-17-13-20-21(14-22(26(32)33)24(30)23(20)29-15-17)25(31)28-10-11-34-19-4-2-1-3-5-19/h1-9,13-15,30H,10-12H2,(H,28,31)(H,32,33). The minimum Gasteiger partial charge on any atom is -0.505 e. The molecule has 172 valence electrons. The first-order valence-electron chi connectivity index (χ1n) is 10.5. The summed E-state index contributed by atoms with van der Waals surface area (Å²) >= 11 is 0. The van der Waals surface area contributed by atoms with Gasteiger partial charge in [-0.15, -0.1) is 0 Å². The van der Waals surface area contributed by atoms with E-state index in [1.54, 1.807) is 30.3 Å². The Balaban J connectivity index is 1.60. The Morgan fingerprint density at radius 3 is 2.41 bits per heavy atom. The summed E-state index contributed by atoms with van der Waals surface area (Å²) < 4.78 is 18.8. The molecule has 0 saturated carbocycles. The molecule has 3 N–H and O–H groups in total. The van der Waals surface area contributed by atoms with Gasteiger partial charge in [0.25, 0.3) is 5.91 Å². The Kier molecular flexibility index (Phi) is 6.68. The highest BCUT2D eigenvalue weighted by Crippen LogP contribution is 2.31. The summed E-state index contributed by atoms with van der Waals surface area (Å²) in [4.78, 5) is 28.8. The number of fused-ring (bicyclic) bond motifs is 1. The van der Waals surface area contributed by atoms with Gasteiger partial charge in [-0.1, -0.05) is 30.3 Å². The molecule has 1 aromatic heterocycles. The lowest BCUT2D eigenvalue weighted by atomic mass is 9.99. The highest BCUT2D eigenvalue weighted by Gasteiger charge is 2.21. The lowest BCUT2D eigenvalue weighted by Crippen LogP contribution is -2.28. The molecule has 0 spiro atoms. The van der Waals surface area contributed by atoms with Gasteiger partial charge in [0.2, 0.25) is 0 Å². The van der Waals surface area contributed by atoms with Crippen LogP contribution in [0.3, 0.4) is 0 Å². The van der Waals surface area contributed by atoms with Gasteiger partial charge in [0.1, 0.15) is 29.3 Å². The average Bonchev–Trinajstić information content (AvgIpc) is 2.84. The number of aromatic hydroxyl groups is 1. The number of carboxylic acids is 1. The van der Waals surface area contributed by atoms with Gasteiger partial charge in [0.05, 0.1) is 6.54 Å². The number of nitrogens with zero attached hydrogens (tertiary/aromatic N) is 1. The van der Waals surface area contributed by atoms with Crippen molar-refractivity contribution in [1.29, 1.82) is 0 Å². The zero-order valence-electron chi connectivity index (χ0n) is 18.0. The van der Waals surface area contributed by atoms with Crippen LogP contribution < -0.4 is 10.1 Å². The number of hydrogen-bond acceptors (Lipinski definition) is 5. The van der Waals surface area contributed by atoms with Gasteiger partial charge in [0.15, 0.2) is 5.75 Å². The second-order valence-corrected chi connectivity index (χ2v) is 7.59. The summed E-state index contributed by atoms with van der Waals surface area (Å²) in [6.45, 7) is 0.396. The molecule has 0 aliphatic rings. The average molecular weight is 460 g/mol. The zero-order chi connectivity index (χ0) is 24.1. The van der Waals surface area contributed by atoms with E-state index in [0.29, 0.717) is 23.1 Å². The second-order valence-electron chi connectivity index (χ2n) is 7.59. The van der Waals surface area contributed by atoms with Gasteiger partial charge in [-0.3, -0.25) is 9.78 Å². The number of benzene rings is 3. The molecule has 0 atom stereocenters. The van der Waals surface area contributed by atoms with E-state index in [1.807, 2.05) is 18.2 Å². The topological polar surface area (TPSA) is 109 Å². The van der Waals surface area contributed by atoms with E-state index in [-0.39, 0.29) is 30.0 Å². The summed E-state index contributed by atoms with van der Waals surface area (Å²) in [6.07, 6.45) is 1.91. The molecular formula is C26H21FN2O5. The number of ether oxygens (including phenoxy) is 1. The van der Waals surface area contributed by atoms with E-state index in [9.17, 15) is 24.2 Å². The molecule has 1 heterocycles. The molecule has 0 aliphatic carbocycles. The molecule has 0 bridgehead atoms. The van der Waals surface area contributed by atoms with Crippen LogP contribution in [0.4, 0.5) is 4.39 Å². The van der Waals surface area contributed by atoms with Crippen molar-refractivity contribution in [3.63, 3.8) is 0 Å². The summed E-state index contributed by atoms with van der Waals surface area (Å²) in [6, 6.07) is 17.9. The molecule has 0 radical (unpaired) electrons. The Bertz CT molecular complexity index is 1340. The van der Waals surface area contributed by atoms with Crippen LogP contribution >= 0.6 is 0 Å². The third kappa shape index (κ3) is 5.12. The number of rotatable bonds is 8. The largest absolute Gasteiger partial charge is 0.505 e. The summed E-state index contributed by atoms with van der Waals surface area (Å²) in [5.74, 6) is -2.10. The quantitative estimate of drug-likeness (QED) is 0.341. The molecule has 0 unspecified atom stereocenters. The zero-order valence-corrected chi connectivity index (χ0v) is 18.0. The lowest BCUT2D eigenvalue weighted by Gasteiger charge is -2.13. The van der Waals surface area contributed by atoms with E-state index in [1.165, 1.54) is 18.3 Å². The summed E-state index contributed by atoms with van der Waals surface area (Å²) in [5.41, 5.74) is 1.20. The van der Waals surface area contributed by atoms with Crippen LogP contribution in [-0.2, 0) is 6.42 Å². The monoisotopic (exact) mass is 460 g/mol. The molecule has 0 aliphatic heterocycles. The molecular weight excluding hydrogens is 439 g/mol. The maximum atomic E-state index is 13.2. The summed E-state index contributed by atoms with van der Waals surface area (Å²) in [7, 11) is 0. The molecule has 4 aromatic rings. The third-order valence-electron chi connectivity index (χ3n) is 5.20. The Hall–Kier alpha value is -4.46. The predicted octanol–water partition coefficient (Wildman–Crippen LogP) is 4.18. The van der Waals surface area contributed by atoms with Crippen LogP contribution in [0.15, 0.2) is 72.9 Å². The van der Waals surface area contributed by atoms with Crippen LogP contribution in [-0.4, -0.2) is 40.2 Å². The van der Waals surface area contributed by atoms with E-state index in [0.717, 1.165) is 11.6 Å². The van der Waals surface area contributed by atoms with Crippen molar-refractivity contribution in [1.82, 2.24) is 10.3 Å². The Morgan fingerprint density at radius 1 is 0.971 bits per heavy atom. The number of carbonyl (C=O) groups is 2. The van der Waals surface area contributed by atoms with Crippen LogP contribution in [0.5, 0.6) is 11.5 Å². The number of pyridine rings is 1. The van der Waals surface area contributed by atoms with Crippen molar-refractivity contribution >= 4 is 22.8 Å². The predicted molar refractivity (Wildman–Crippen MR) is 124 cm³/mol. The first-order valence-corrected chi connectivity index (χ1v) is 10.5. The van der Waals surface area contributed by atoms with Gasteiger partial charge in [-0.2, -0.15) is 0 Å². The molecule has 0 saturated heterocycles. The normalized spacial score (nSPS) is 10.7. The first-order chi connectivity index (χ1) is 16.4. The number of carboxylic acid groups (broad SMARTS) is 1. The smallest absolute Gasteiger partial charge is 0.339 e. The number of aromatic carboxylic acids is 1. The van der Waals surface area contributed by atoms with Gasteiger partial charge >= 0.3 is 5.97 Å². The number of nitrogens with one attached hydrogen (secondary N) is 1. The Morgan fingerprint density at radius 2 is 1.71 bits per heavy atom. The van der Waals surface area contributed by atoms with Gasteiger partial charge < -0.3 is 20.3 Å². The number of aromatic nitrogens is 1. The van der Waals surface area contributed by atoms with Crippen molar-refractivity contribution in [3.05, 3.63) is 101 Å². The SMILES string of the molecule is O=C(O)c1cc(C(=O)NCCOc2ccccc2)c2cc(Cc3ccc(F)cc3)cnc2c1O. The maximum Gasteiger partial charge on any atom is 0.339 e. The minimum absolute atomic E-state index is 0.00782. The van der Waals surface area contributed by atoms with E-state index in [4.69, 9.17) is 4.74 Å². The van der Waals surface area contributed by atoms with E-state index >= 15 is 0 Å². The molecule has 1 amide bonds. The fraction of sp³-hybridized carbons (Fsp3) is 0.115. The van der Waals surface area contributed by atoms with Crippen molar-refractivity contribution in [2.75, 3.05) is 13.2 Å². The second kappa shape index (κ2) is 9.99. The van der Waals surface area contributed by atoms with Crippen molar-refractivity contribution in [3.8, 4) is 11.5 Å². The van der Waals surface area contributed by atoms with E-state index < -0.39 is 23.2 Å². The Labute approximate surface area is 194 Å². The fourth-order valence-corrected chi connectivity index (χ4v) is 3.55. The molecule has 34 heavy (non-hydrogen) atoms. The van der Waals surface area contributed by atoms with Crippen LogP contribution in [0.2, 0.25) is 0 Å². The highest BCUT2D eigenvalue weighted by molar-refractivity contribution is 6.11. The number of carbonyl (C=O) groups excluding carboxylic acids is 1. The van der Waals surface area contributed by atoms with E-state index in [2.05, 4.69) is 10.3 Å². The lowest BCUT2D eigenvalue weighted by molar-refractivity contribution is 0.0694. The van der Waals surface area contributed by atoms with Crippen molar-refractivity contribution < 1.29 is 28.9 Å². The molecule has 0 fully saturated rings. The van der Waals surface area contributed by atoms with Gasteiger partial charge in [0, 0.05) is 17.1 Å². The van der Waals surface area contributed by atoms with Crippen LogP contribution in [0, 0.1) is 5.82 Å². The fourth-order valence-electron chi connectivity index (χ4n) is 3.55. The van der Waals surface area contributed by atoms with Crippen LogP contribution in [0.1, 0.15) is 31.8 Å². The number of phenols is 1. The van der Waals surface area contributed by atoms with Gasteiger partial charge in [-0.25, -0.2) is 9.18 Å². The van der Waals surface area contributed by atoms with Crippen LogP contribution in [0.25, 0.3) is 10.9 Å². The van der Waals surface area contributed by atoms with Crippen molar-refractivity contribution in [2.24, 2.45) is 0 Å². The third-order valence-corrected chi connectivity index (χ3v) is 5.20. The number of para-hydroxylation sites is 1.